The Balaban J connectivity index is 1.35. The quantitative estimate of drug-likeness (QED) is 0.322. The summed E-state index contributed by atoms with van der Waals surface area (Å²) >= 11 is 1.93. The van der Waals surface area contributed by atoms with Gasteiger partial charge in [-0.2, -0.15) is 0 Å². The molecule has 0 saturated heterocycles. The third-order valence-electron chi connectivity index (χ3n) is 4.89. The van der Waals surface area contributed by atoms with E-state index in [9.17, 15) is 0 Å². The van der Waals surface area contributed by atoms with E-state index in [0.717, 1.165) is 12.3 Å². The molecule has 0 amide bonds. The molecule has 0 heterocycles. The van der Waals surface area contributed by atoms with Gasteiger partial charge >= 0.3 is 0 Å². The number of benzene rings is 3. The summed E-state index contributed by atoms with van der Waals surface area (Å²) in [6, 6.07) is 23.9. The van der Waals surface area contributed by atoms with E-state index in [4.69, 9.17) is 4.74 Å². The number of unbranched alkanes of at least 4 members (excludes halogenated alkanes) is 2. The number of thioether (sulfide) groups is 1. The lowest BCUT2D eigenvalue weighted by molar-refractivity contribution is 0.414. The minimum Gasteiger partial charge on any atom is -0.497 e. The fraction of sp³-hybridized carbons (Fsp3) is 0.333. The predicted octanol–water partition coefficient (Wildman–Crippen LogP) is 6.46. The van der Waals surface area contributed by atoms with E-state index >= 15 is 0 Å². The van der Waals surface area contributed by atoms with Crippen LogP contribution in [0.3, 0.4) is 0 Å². The normalized spacial score (nSPS) is 12.2. The number of nitrogens with one attached hydrogen (secondary N) is 1. The third kappa shape index (κ3) is 5.75. The summed E-state index contributed by atoms with van der Waals surface area (Å²) in [4.78, 5) is 1.32. The van der Waals surface area contributed by atoms with Crippen molar-refractivity contribution in [2.45, 2.75) is 37.1 Å². The first-order valence-corrected chi connectivity index (χ1v) is 10.7. The smallest absolute Gasteiger partial charge is 0.118 e. The zero-order valence-corrected chi connectivity index (χ0v) is 17.1. The fourth-order valence-corrected chi connectivity index (χ4v) is 4.24. The van der Waals surface area contributed by atoms with Crippen molar-refractivity contribution in [1.82, 2.24) is 5.32 Å². The van der Waals surface area contributed by atoms with Gasteiger partial charge in [-0.1, -0.05) is 48.9 Å². The molecule has 0 radical (unpaired) electrons. The number of methoxy groups -OCH3 is 1. The van der Waals surface area contributed by atoms with Crippen molar-refractivity contribution in [3.8, 4) is 5.75 Å². The molecule has 3 aromatic rings. The van der Waals surface area contributed by atoms with E-state index in [0.29, 0.717) is 6.04 Å². The van der Waals surface area contributed by atoms with Gasteiger partial charge in [0.1, 0.15) is 5.75 Å². The molecule has 0 aliphatic carbocycles. The SMILES string of the molecule is COc1ccc(SCCCCCN[C@H](C)c2cccc3ccccc23)cc1. The number of hydrogen-bond donors (Lipinski definition) is 1. The Hall–Kier alpha value is -1.97. The number of fused-ring (bicyclic) bond motifs is 1. The van der Waals surface area contributed by atoms with Crippen LogP contribution in [0.1, 0.15) is 37.8 Å². The molecule has 2 nitrogen and oxygen atoms in total. The van der Waals surface area contributed by atoms with Gasteiger partial charge < -0.3 is 10.1 Å². The highest BCUT2D eigenvalue weighted by atomic mass is 32.2. The summed E-state index contributed by atoms with van der Waals surface area (Å²) < 4.78 is 5.20. The Morgan fingerprint density at radius 1 is 0.889 bits per heavy atom. The Morgan fingerprint density at radius 2 is 1.67 bits per heavy atom. The summed E-state index contributed by atoms with van der Waals surface area (Å²) in [5, 5.41) is 6.37. The number of ether oxygens (including phenoxy) is 1. The first-order chi connectivity index (χ1) is 13.3. The zero-order chi connectivity index (χ0) is 18.9. The van der Waals surface area contributed by atoms with Gasteiger partial charge in [0.25, 0.3) is 0 Å². The van der Waals surface area contributed by atoms with Crippen LogP contribution in [0, 0.1) is 0 Å². The van der Waals surface area contributed by atoms with Gasteiger partial charge in [-0.15, -0.1) is 11.8 Å². The summed E-state index contributed by atoms with van der Waals surface area (Å²) in [5.41, 5.74) is 1.39. The van der Waals surface area contributed by atoms with Crippen molar-refractivity contribution in [3.05, 3.63) is 72.3 Å². The van der Waals surface area contributed by atoms with Crippen LogP contribution in [0.2, 0.25) is 0 Å². The third-order valence-corrected chi connectivity index (χ3v) is 5.99. The van der Waals surface area contributed by atoms with E-state index in [1.807, 2.05) is 23.9 Å². The molecular weight excluding hydrogens is 350 g/mol. The van der Waals surface area contributed by atoms with Crippen molar-refractivity contribution in [3.63, 3.8) is 0 Å². The van der Waals surface area contributed by atoms with Crippen LogP contribution in [0.4, 0.5) is 0 Å². The number of hydrogen-bond acceptors (Lipinski definition) is 3. The minimum absolute atomic E-state index is 0.379. The van der Waals surface area contributed by atoms with Crippen LogP contribution in [0.25, 0.3) is 10.8 Å². The lowest BCUT2D eigenvalue weighted by Crippen LogP contribution is -2.20. The maximum Gasteiger partial charge on any atom is 0.118 e. The van der Waals surface area contributed by atoms with Gasteiger partial charge in [0.15, 0.2) is 0 Å². The van der Waals surface area contributed by atoms with Crippen molar-refractivity contribution >= 4 is 22.5 Å². The highest BCUT2D eigenvalue weighted by molar-refractivity contribution is 7.99. The van der Waals surface area contributed by atoms with E-state index in [-0.39, 0.29) is 0 Å². The van der Waals surface area contributed by atoms with Crippen molar-refractivity contribution in [2.75, 3.05) is 19.4 Å². The van der Waals surface area contributed by atoms with Gasteiger partial charge in [0, 0.05) is 10.9 Å². The first-order valence-electron chi connectivity index (χ1n) is 9.76. The average Bonchev–Trinajstić information content (AvgIpc) is 2.73. The van der Waals surface area contributed by atoms with Crippen LogP contribution in [0.5, 0.6) is 5.75 Å². The molecule has 0 aliphatic rings. The van der Waals surface area contributed by atoms with Crippen LogP contribution >= 0.6 is 11.8 Å². The first kappa shape index (κ1) is 19.8. The second-order valence-electron chi connectivity index (χ2n) is 6.83. The Morgan fingerprint density at radius 3 is 2.48 bits per heavy atom. The van der Waals surface area contributed by atoms with E-state index in [1.54, 1.807) is 7.11 Å². The fourth-order valence-electron chi connectivity index (χ4n) is 3.32. The van der Waals surface area contributed by atoms with Gasteiger partial charge in [0.05, 0.1) is 7.11 Å². The monoisotopic (exact) mass is 379 g/mol. The van der Waals surface area contributed by atoms with Crippen molar-refractivity contribution in [2.24, 2.45) is 0 Å². The van der Waals surface area contributed by atoms with Gasteiger partial charge in [0.2, 0.25) is 0 Å². The van der Waals surface area contributed by atoms with Gasteiger partial charge in [-0.3, -0.25) is 0 Å². The van der Waals surface area contributed by atoms with Crippen LogP contribution in [0.15, 0.2) is 71.6 Å². The molecule has 1 atom stereocenters. The molecule has 0 unspecified atom stereocenters. The van der Waals surface area contributed by atoms with Crippen molar-refractivity contribution < 1.29 is 4.74 Å². The minimum atomic E-state index is 0.379. The van der Waals surface area contributed by atoms with Crippen LogP contribution < -0.4 is 10.1 Å². The van der Waals surface area contributed by atoms with E-state index < -0.39 is 0 Å². The largest absolute Gasteiger partial charge is 0.497 e. The van der Waals surface area contributed by atoms with Crippen LogP contribution in [-0.2, 0) is 0 Å². The summed E-state index contributed by atoms with van der Waals surface area (Å²) in [5.74, 6) is 2.09. The van der Waals surface area contributed by atoms with E-state index in [1.165, 1.54) is 46.2 Å². The Labute approximate surface area is 167 Å². The van der Waals surface area contributed by atoms with Crippen molar-refractivity contribution in [1.29, 1.82) is 0 Å². The summed E-state index contributed by atoms with van der Waals surface area (Å²) in [6.07, 6.45) is 3.73. The summed E-state index contributed by atoms with van der Waals surface area (Å²) in [6.45, 7) is 3.33. The molecule has 0 spiro atoms. The molecule has 3 heteroatoms. The summed E-state index contributed by atoms with van der Waals surface area (Å²) in [7, 11) is 1.71. The molecule has 0 bridgehead atoms. The Kier molecular flexibility index (Phi) is 7.61. The lowest BCUT2D eigenvalue weighted by atomic mass is 9.99. The Bertz CT molecular complexity index is 826. The highest BCUT2D eigenvalue weighted by Gasteiger charge is 2.08. The topological polar surface area (TPSA) is 21.3 Å². The van der Waals surface area contributed by atoms with Gasteiger partial charge in [-0.25, -0.2) is 0 Å². The predicted molar refractivity (Wildman–Crippen MR) is 118 cm³/mol. The molecule has 0 fully saturated rings. The molecule has 0 saturated carbocycles. The second-order valence-corrected chi connectivity index (χ2v) is 8.00. The molecular formula is C24H29NOS. The molecule has 142 valence electrons. The molecule has 3 aromatic carbocycles. The molecule has 0 aromatic heterocycles. The maximum absolute atomic E-state index is 5.20. The molecule has 27 heavy (non-hydrogen) atoms. The molecule has 0 aliphatic heterocycles. The average molecular weight is 380 g/mol. The lowest BCUT2D eigenvalue weighted by Gasteiger charge is -2.16. The van der Waals surface area contributed by atoms with Crippen LogP contribution in [-0.4, -0.2) is 19.4 Å². The second kappa shape index (κ2) is 10.4. The molecule has 1 N–H and O–H groups in total. The maximum atomic E-state index is 5.20. The van der Waals surface area contributed by atoms with E-state index in [2.05, 4.69) is 66.8 Å². The zero-order valence-electron chi connectivity index (χ0n) is 16.3. The van der Waals surface area contributed by atoms with Gasteiger partial charge in [-0.05, 0) is 72.7 Å². The highest BCUT2D eigenvalue weighted by Crippen LogP contribution is 2.24. The number of rotatable bonds is 10. The standard InChI is InChI=1S/C24H29NOS/c1-19(23-12-8-10-20-9-4-5-11-24(20)23)25-17-6-3-7-18-27-22-15-13-21(26-2)14-16-22/h4-5,8-16,19,25H,3,6-7,17-18H2,1-2H3/t19-/m1/s1. The molecule has 3 rings (SSSR count).